The molecule has 0 unspecified atom stereocenters. The first-order valence-corrected chi connectivity index (χ1v) is 8.95. The van der Waals surface area contributed by atoms with Gasteiger partial charge < -0.3 is 15.5 Å². The van der Waals surface area contributed by atoms with Crippen molar-refractivity contribution in [2.24, 2.45) is 0 Å². The molecule has 138 valence electrons. The molecular formula is C21H22N4O2. The molecule has 27 heavy (non-hydrogen) atoms. The van der Waals surface area contributed by atoms with Crippen molar-refractivity contribution in [2.75, 3.05) is 19.4 Å². The Balaban J connectivity index is 1.54. The van der Waals surface area contributed by atoms with Gasteiger partial charge in [0.25, 0.3) is 5.56 Å². The van der Waals surface area contributed by atoms with Crippen molar-refractivity contribution in [3.8, 4) is 17.1 Å². The zero-order valence-electron chi connectivity index (χ0n) is 15.2. The van der Waals surface area contributed by atoms with E-state index in [1.54, 1.807) is 7.11 Å². The van der Waals surface area contributed by atoms with Crippen molar-refractivity contribution >= 4 is 5.69 Å². The van der Waals surface area contributed by atoms with Gasteiger partial charge in [-0.25, -0.2) is 4.98 Å². The zero-order chi connectivity index (χ0) is 18.8. The normalized spacial score (nSPS) is 14.0. The minimum absolute atomic E-state index is 0.0637. The summed E-state index contributed by atoms with van der Waals surface area (Å²) in [6.07, 6.45) is 0.761. The number of aromatic nitrogens is 2. The highest BCUT2D eigenvalue weighted by Gasteiger charge is 2.21. The van der Waals surface area contributed by atoms with Gasteiger partial charge >= 0.3 is 0 Å². The Kier molecular flexibility index (Phi) is 4.64. The molecule has 0 atom stereocenters. The quantitative estimate of drug-likeness (QED) is 0.697. The highest BCUT2D eigenvalue weighted by molar-refractivity contribution is 5.58. The minimum atomic E-state index is -0.0637. The van der Waals surface area contributed by atoms with E-state index in [9.17, 15) is 4.79 Å². The molecule has 0 amide bonds. The lowest BCUT2D eigenvalue weighted by Crippen LogP contribution is -2.35. The topological polar surface area (TPSA) is 84.2 Å². The SMILES string of the molecule is COc1ccc(CN2CCc3nc(-c4ccc(N)cc4)[nH]c(=O)c3C2)cc1. The second-order valence-electron chi connectivity index (χ2n) is 6.77. The van der Waals surface area contributed by atoms with Crippen LogP contribution in [0.4, 0.5) is 5.69 Å². The summed E-state index contributed by atoms with van der Waals surface area (Å²) in [5, 5.41) is 0. The monoisotopic (exact) mass is 362 g/mol. The molecule has 1 aliphatic rings. The smallest absolute Gasteiger partial charge is 0.255 e. The van der Waals surface area contributed by atoms with Gasteiger partial charge in [-0.1, -0.05) is 12.1 Å². The van der Waals surface area contributed by atoms with Crippen molar-refractivity contribution in [2.45, 2.75) is 19.5 Å². The summed E-state index contributed by atoms with van der Waals surface area (Å²) in [5.41, 5.74) is 10.1. The maximum atomic E-state index is 12.6. The van der Waals surface area contributed by atoms with Crippen molar-refractivity contribution in [3.63, 3.8) is 0 Å². The molecule has 0 aliphatic carbocycles. The van der Waals surface area contributed by atoms with Gasteiger partial charge in [-0.15, -0.1) is 0 Å². The van der Waals surface area contributed by atoms with E-state index >= 15 is 0 Å². The second-order valence-corrected chi connectivity index (χ2v) is 6.77. The number of aromatic amines is 1. The van der Waals surface area contributed by atoms with Gasteiger partial charge in [-0.05, 0) is 42.0 Å². The summed E-state index contributed by atoms with van der Waals surface area (Å²) >= 11 is 0. The Hall–Kier alpha value is -3.12. The number of fused-ring (bicyclic) bond motifs is 1. The lowest BCUT2D eigenvalue weighted by Gasteiger charge is -2.27. The molecule has 3 aromatic rings. The van der Waals surface area contributed by atoms with Gasteiger partial charge in [0.1, 0.15) is 11.6 Å². The van der Waals surface area contributed by atoms with Crippen LogP contribution in [0.15, 0.2) is 53.3 Å². The number of hydrogen-bond acceptors (Lipinski definition) is 5. The van der Waals surface area contributed by atoms with E-state index in [1.165, 1.54) is 5.56 Å². The molecule has 2 heterocycles. The molecule has 0 spiro atoms. The van der Waals surface area contributed by atoms with Gasteiger partial charge in [0.05, 0.1) is 18.4 Å². The van der Waals surface area contributed by atoms with E-state index in [0.29, 0.717) is 18.1 Å². The number of nitrogens with one attached hydrogen (secondary N) is 1. The van der Waals surface area contributed by atoms with Crippen LogP contribution in [0.25, 0.3) is 11.4 Å². The Bertz CT molecular complexity index is 994. The first kappa shape index (κ1) is 17.3. The summed E-state index contributed by atoms with van der Waals surface area (Å²) in [7, 11) is 1.66. The molecule has 1 aromatic heterocycles. The number of ether oxygens (including phenoxy) is 1. The van der Waals surface area contributed by atoms with Crippen LogP contribution < -0.4 is 16.0 Å². The number of benzene rings is 2. The number of anilines is 1. The van der Waals surface area contributed by atoms with Gasteiger partial charge in [-0.3, -0.25) is 9.69 Å². The molecule has 0 radical (unpaired) electrons. The van der Waals surface area contributed by atoms with E-state index < -0.39 is 0 Å². The summed E-state index contributed by atoms with van der Waals surface area (Å²) in [6, 6.07) is 15.4. The van der Waals surface area contributed by atoms with Gasteiger partial charge in [0, 0.05) is 37.3 Å². The zero-order valence-corrected chi connectivity index (χ0v) is 15.2. The molecule has 2 aromatic carbocycles. The maximum absolute atomic E-state index is 12.6. The van der Waals surface area contributed by atoms with Crippen LogP contribution in [0, 0.1) is 0 Å². The average Bonchev–Trinajstić information content (AvgIpc) is 2.69. The molecule has 4 rings (SSSR count). The second kappa shape index (κ2) is 7.25. The van der Waals surface area contributed by atoms with E-state index in [-0.39, 0.29) is 5.56 Å². The predicted molar refractivity (Wildman–Crippen MR) is 106 cm³/mol. The van der Waals surface area contributed by atoms with Gasteiger partial charge in [-0.2, -0.15) is 0 Å². The number of rotatable bonds is 4. The maximum Gasteiger partial charge on any atom is 0.255 e. The molecule has 0 fully saturated rings. The molecule has 1 aliphatic heterocycles. The Morgan fingerprint density at radius 2 is 1.89 bits per heavy atom. The van der Waals surface area contributed by atoms with Crippen LogP contribution in [0.5, 0.6) is 5.75 Å². The number of H-pyrrole nitrogens is 1. The summed E-state index contributed by atoms with van der Waals surface area (Å²) < 4.78 is 5.20. The molecule has 6 nitrogen and oxygen atoms in total. The molecule has 0 bridgehead atoms. The average molecular weight is 362 g/mol. The third-order valence-corrected chi connectivity index (χ3v) is 4.90. The molecule has 6 heteroatoms. The van der Waals surface area contributed by atoms with E-state index in [4.69, 9.17) is 15.5 Å². The summed E-state index contributed by atoms with van der Waals surface area (Å²) in [6.45, 7) is 2.27. The van der Waals surface area contributed by atoms with Crippen LogP contribution in [0.1, 0.15) is 16.8 Å². The Morgan fingerprint density at radius 1 is 1.15 bits per heavy atom. The fraction of sp³-hybridized carbons (Fsp3) is 0.238. The van der Waals surface area contributed by atoms with Crippen LogP contribution in [-0.2, 0) is 19.5 Å². The van der Waals surface area contributed by atoms with E-state index in [2.05, 4.69) is 22.0 Å². The number of hydrogen-bond donors (Lipinski definition) is 2. The minimum Gasteiger partial charge on any atom is -0.497 e. The Labute approximate surface area is 157 Å². The molecule has 0 saturated carbocycles. The van der Waals surface area contributed by atoms with Crippen molar-refractivity contribution in [1.29, 1.82) is 0 Å². The molecule has 3 N–H and O–H groups in total. The number of methoxy groups -OCH3 is 1. The summed E-state index contributed by atoms with van der Waals surface area (Å²) in [5.74, 6) is 1.45. The van der Waals surface area contributed by atoms with Crippen LogP contribution in [-0.4, -0.2) is 28.5 Å². The summed E-state index contributed by atoms with van der Waals surface area (Å²) in [4.78, 5) is 22.5. The van der Waals surface area contributed by atoms with E-state index in [0.717, 1.165) is 42.1 Å². The highest BCUT2D eigenvalue weighted by Crippen LogP contribution is 2.21. The van der Waals surface area contributed by atoms with Crippen molar-refractivity contribution < 1.29 is 4.74 Å². The first-order valence-electron chi connectivity index (χ1n) is 8.95. The highest BCUT2D eigenvalue weighted by atomic mass is 16.5. The number of nitrogens with two attached hydrogens (primary N) is 1. The fourth-order valence-corrected chi connectivity index (χ4v) is 3.38. The predicted octanol–water partition coefficient (Wildman–Crippen LogP) is 2.59. The fourth-order valence-electron chi connectivity index (χ4n) is 3.38. The third-order valence-electron chi connectivity index (χ3n) is 4.90. The third kappa shape index (κ3) is 3.71. The largest absolute Gasteiger partial charge is 0.497 e. The van der Waals surface area contributed by atoms with Gasteiger partial charge in [0.2, 0.25) is 0 Å². The van der Waals surface area contributed by atoms with Crippen molar-refractivity contribution in [1.82, 2.24) is 14.9 Å². The molecule has 0 saturated heterocycles. The number of nitrogen functional groups attached to an aromatic ring is 1. The van der Waals surface area contributed by atoms with Gasteiger partial charge in [0.15, 0.2) is 0 Å². The van der Waals surface area contributed by atoms with Crippen LogP contribution in [0.2, 0.25) is 0 Å². The standard InChI is InChI=1S/C21H22N4O2/c1-27-17-8-2-14(3-9-17)12-25-11-10-19-18(13-25)21(26)24-20(23-19)15-4-6-16(22)7-5-15/h2-9H,10-13,22H2,1H3,(H,23,24,26). The first-order chi connectivity index (χ1) is 13.1. The lowest BCUT2D eigenvalue weighted by atomic mass is 10.1. The molecular weight excluding hydrogens is 340 g/mol. The van der Waals surface area contributed by atoms with Crippen LogP contribution >= 0.6 is 0 Å². The Morgan fingerprint density at radius 3 is 2.59 bits per heavy atom. The number of nitrogens with zero attached hydrogens (tertiary/aromatic N) is 2. The van der Waals surface area contributed by atoms with Crippen LogP contribution in [0.3, 0.4) is 0 Å². The van der Waals surface area contributed by atoms with E-state index in [1.807, 2.05) is 36.4 Å². The lowest BCUT2D eigenvalue weighted by molar-refractivity contribution is 0.242. The van der Waals surface area contributed by atoms with Crippen molar-refractivity contribution in [3.05, 3.63) is 75.7 Å².